The predicted octanol–water partition coefficient (Wildman–Crippen LogP) is 2.70. The molecule has 1 fully saturated rings. The minimum Gasteiger partial charge on any atom is -0.476 e. The van der Waals surface area contributed by atoms with Gasteiger partial charge in [-0.05, 0) is 26.3 Å². The maximum Gasteiger partial charge on any atom is 0.217 e. The van der Waals surface area contributed by atoms with Gasteiger partial charge in [-0.3, -0.25) is 9.80 Å². The van der Waals surface area contributed by atoms with Crippen LogP contribution in [0, 0.1) is 0 Å². The summed E-state index contributed by atoms with van der Waals surface area (Å²) in [7, 11) is 0. The average Bonchev–Trinajstić information content (AvgIpc) is 2.61. The number of aromatic nitrogens is 1. The van der Waals surface area contributed by atoms with Crippen LogP contribution >= 0.6 is 0 Å². The molecule has 1 aromatic heterocycles. The minimum absolute atomic E-state index is 0.528. The SMILES string of the molecule is CCCN(CCC)c1cc(N)nc(OCCN2CCN(CC)[C@@H](C)C2)c1. The number of piperazine rings is 1. The Bertz CT molecular complexity index is 533. The molecule has 1 aromatic rings. The van der Waals surface area contributed by atoms with Crippen molar-refractivity contribution in [2.45, 2.75) is 46.6 Å². The first-order chi connectivity index (χ1) is 12.6. The normalized spacial score (nSPS) is 18.8. The first-order valence-corrected chi connectivity index (χ1v) is 10.2. The molecule has 2 N–H and O–H groups in total. The van der Waals surface area contributed by atoms with Crippen molar-refractivity contribution in [1.82, 2.24) is 14.8 Å². The van der Waals surface area contributed by atoms with Crippen molar-refractivity contribution in [2.24, 2.45) is 0 Å². The molecule has 0 bridgehead atoms. The molecule has 0 unspecified atom stereocenters. The smallest absolute Gasteiger partial charge is 0.217 e. The van der Waals surface area contributed by atoms with Gasteiger partial charge in [0, 0.05) is 63.1 Å². The molecule has 0 saturated carbocycles. The second-order valence-corrected chi connectivity index (χ2v) is 7.20. The lowest BCUT2D eigenvalue weighted by molar-refractivity contribution is 0.0776. The molecular formula is C20H37N5O. The number of rotatable bonds is 10. The Labute approximate surface area is 159 Å². The summed E-state index contributed by atoms with van der Waals surface area (Å²) in [6.07, 6.45) is 2.22. The lowest BCUT2D eigenvalue weighted by Gasteiger charge is -2.39. The zero-order chi connectivity index (χ0) is 18.9. The number of nitrogens with two attached hydrogens (primary N) is 1. The van der Waals surface area contributed by atoms with Gasteiger partial charge in [0.2, 0.25) is 5.88 Å². The van der Waals surface area contributed by atoms with Crippen LogP contribution in [-0.4, -0.2) is 73.2 Å². The van der Waals surface area contributed by atoms with Gasteiger partial charge in [-0.2, -0.15) is 4.98 Å². The van der Waals surface area contributed by atoms with Crippen molar-refractivity contribution in [3.05, 3.63) is 12.1 Å². The van der Waals surface area contributed by atoms with Gasteiger partial charge in [0.25, 0.3) is 0 Å². The van der Waals surface area contributed by atoms with Gasteiger partial charge in [0.15, 0.2) is 0 Å². The first kappa shape index (κ1) is 20.8. The van der Waals surface area contributed by atoms with E-state index in [1.165, 1.54) is 0 Å². The Morgan fingerprint density at radius 1 is 1.19 bits per heavy atom. The van der Waals surface area contributed by atoms with E-state index in [9.17, 15) is 0 Å². The molecule has 0 aromatic carbocycles. The topological polar surface area (TPSA) is 57.9 Å². The molecule has 0 aliphatic carbocycles. The summed E-state index contributed by atoms with van der Waals surface area (Å²) < 4.78 is 5.95. The molecule has 0 spiro atoms. The largest absolute Gasteiger partial charge is 0.476 e. The van der Waals surface area contributed by atoms with Gasteiger partial charge in [-0.1, -0.05) is 20.8 Å². The van der Waals surface area contributed by atoms with Gasteiger partial charge in [0.1, 0.15) is 12.4 Å². The summed E-state index contributed by atoms with van der Waals surface area (Å²) in [5, 5.41) is 0. The van der Waals surface area contributed by atoms with Crippen molar-refractivity contribution < 1.29 is 4.74 Å². The van der Waals surface area contributed by atoms with E-state index in [1.807, 2.05) is 12.1 Å². The minimum atomic E-state index is 0.528. The van der Waals surface area contributed by atoms with E-state index in [0.29, 0.717) is 24.3 Å². The summed E-state index contributed by atoms with van der Waals surface area (Å²) in [6, 6.07) is 4.59. The molecule has 6 nitrogen and oxygen atoms in total. The maximum absolute atomic E-state index is 6.02. The van der Waals surface area contributed by atoms with Crippen LogP contribution in [0.5, 0.6) is 5.88 Å². The molecule has 26 heavy (non-hydrogen) atoms. The zero-order valence-electron chi connectivity index (χ0n) is 17.1. The van der Waals surface area contributed by atoms with Gasteiger partial charge < -0.3 is 15.4 Å². The summed E-state index contributed by atoms with van der Waals surface area (Å²) in [5.74, 6) is 1.16. The summed E-state index contributed by atoms with van der Waals surface area (Å²) in [6.45, 7) is 17.1. The van der Waals surface area contributed by atoms with E-state index in [0.717, 1.165) is 64.3 Å². The summed E-state index contributed by atoms with van der Waals surface area (Å²) in [5.41, 5.74) is 7.13. The van der Waals surface area contributed by atoms with Gasteiger partial charge in [-0.15, -0.1) is 0 Å². The third-order valence-corrected chi connectivity index (χ3v) is 5.07. The summed E-state index contributed by atoms with van der Waals surface area (Å²) in [4.78, 5) is 11.7. The van der Waals surface area contributed by atoms with Gasteiger partial charge in [-0.25, -0.2) is 0 Å². The third-order valence-electron chi connectivity index (χ3n) is 5.07. The van der Waals surface area contributed by atoms with Gasteiger partial charge >= 0.3 is 0 Å². The van der Waals surface area contributed by atoms with Crippen molar-refractivity contribution in [2.75, 3.05) is 63.1 Å². The number of likely N-dealkylation sites (N-methyl/N-ethyl adjacent to an activating group) is 1. The number of hydrogen-bond acceptors (Lipinski definition) is 6. The van der Waals surface area contributed by atoms with Crippen molar-refractivity contribution in [3.8, 4) is 5.88 Å². The average molecular weight is 364 g/mol. The lowest BCUT2D eigenvalue weighted by atomic mass is 10.2. The van der Waals surface area contributed by atoms with Gasteiger partial charge in [0.05, 0.1) is 0 Å². The molecule has 2 rings (SSSR count). The molecule has 1 saturated heterocycles. The second kappa shape index (κ2) is 10.6. The van der Waals surface area contributed by atoms with Crippen LogP contribution in [0.2, 0.25) is 0 Å². The number of anilines is 2. The van der Waals surface area contributed by atoms with E-state index in [2.05, 4.69) is 47.4 Å². The van der Waals surface area contributed by atoms with Crippen LogP contribution in [0.4, 0.5) is 11.5 Å². The fourth-order valence-electron chi connectivity index (χ4n) is 3.70. The summed E-state index contributed by atoms with van der Waals surface area (Å²) >= 11 is 0. The van der Waals surface area contributed by atoms with E-state index in [1.54, 1.807) is 0 Å². The number of nitrogen functional groups attached to an aromatic ring is 1. The number of nitrogens with zero attached hydrogens (tertiary/aromatic N) is 4. The van der Waals surface area contributed by atoms with Crippen molar-refractivity contribution in [3.63, 3.8) is 0 Å². The predicted molar refractivity (Wildman–Crippen MR) is 110 cm³/mol. The highest BCUT2D eigenvalue weighted by molar-refractivity contribution is 5.55. The molecule has 0 amide bonds. The molecule has 1 aliphatic heterocycles. The standard InChI is InChI=1S/C20H37N5O/c1-5-8-25(9-6-2)18-14-19(21)22-20(15-18)26-13-12-23-10-11-24(7-3)17(4)16-23/h14-15,17H,5-13,16H2,1-4H3,(H2,21,22)/t17-/m0/s1. The molecule has 148 valence electrons. The van der Waals surface area contributed by atoms with E-state index < -0.39 is 0 Å². The zero-order valence-corrected chi connectivity index (χ0v) is 17.1. The first-order valence-electron chi connectivity index (χ1n) is 10.2. The molecule has 2 heterocycles. The van der Waals surface area contributed by atoms with Crippen molar-refractivity contribution >= 4 is 11.5 Å². The van der Waals surface area contributed by atoms with E-state index >= 15 is 0 Å². The molecule has 1 atom stereocenters. The number of pyridine rings is 1. The quantitative estimate of drug-likeness (QED) is 0.690. The second-order valence-electron chi connectivity index (χ2n) is 7.20. The number of ether oxygens (including phenoxy) is 1. The molecule has 6 heteroatoms. The molecule has 1 aliphatic rings. The van der Waals surface area contributed by atoms with Crippen LogP contribution in [0.1, 0.15) is 40.5 Å². The Hall–Kier alpha value is -1.53. The maximum atomic E-state index is 6.02. The Morgan fingerprint density at radius 2 is 1.92 bits per heavy atom. The molecule has 0 radical (unpaired) electrons. The Kier molecular flexibility index (Phi) is 8.45. The van der Waals surface area contributed by atoms with Crippen molar-refractivity contribution in [1.29, 1.82) is 0 Å². The third kappa shape index (κ3) is 6.02. The Morgan fingerprint density at radius 3 is 2.54 bits per heavy atom. The highest BCUT2D eigenvalue weighted by atomic mass is 16.5. The van der Waals surface area contributed by atoms with E-state index in [-0.39, 0.29) is 0 Å². The molecular weight excluding hydrogens is 326 g/mol. The Balaban J connectivity index is 1.89. The van der Waals surface area contributed by atoms with Crippen LogP contribution in [0.15, 0.2) is 12.1 Å². The van der Waals surface area contributed by atoms with Crippen LogP contribution in [0.25, 0.3) is 0 Å². The van der Waals surface area contributed by atoms with Crippen LogP contribution in [0.3, 0.4) is 0 Å². The number of hydrogen-bond donors (Lipinski definition) is 1. The fraction of sp³-hybridized carbons (Fsp3) is 0.750. The lowest BCUT2D eigenvalue weighted by Crippen LogP contribution is -2.52. The van der Waals surface area contributed by atoms with E-state index in [4.69, 9.17) is 10.5 Å². The van der Waals surface area contributed by atoms with Crippen LogP contribution in [-0.2, 0) is 0 Å². The van der Waals surface area contributed by atoms with Crippen LogP contribution < -0.4 is 15.4 Å². The highest BCUT2D eigenvalue weighted by Crippen LogP contribution is 2.23. The highest BCUT2D eigenvalue weighted by Gasteiger charge is 2.22. The fourth-order valence-corrected chi connectivity index (χ4v) is 3.70. The monoisotopic (exact) mass is 363 g/mol.